The summed E-state index contributed by atoms with van der Waals surface area (Å²) in [6.45, 7) is 1.07. The van der Waals surface area contributed by atoms with E-state index in [1.807, 2.05) is 49.5 Å². The molecule has 3 fully saturated rings. The van der Waals surface area contributed by atoms with Gasteiger partial charge in [-0.05, 0) is 210 Å². The molecule has 3 saturated carbocycles. The van der Waals surface area contributed by atoms with Crippen LogP contribution in [0.25, 0.3) is 33.1 Å². The number of aldehydes is 1. The molecule has 0 aliphatic heterocycles. The molecular weight excluding hydrogens is 972 g/mol. The Kier molecular flexibility index (Phi) is 22.6. The number of hydrogen-bond acceptors (Lipinski definition) is 7. The fraction of sp³-hybridized carbons (Fsp3) is 0.407. The number of ketones is 1. The van der Waals surface area contributed by atoms with Gasteiger partial charge in [0.25, 0.3) is 0 Å². The molecule has 7 N–H and O–H groups in total. The molecule has 11 rings (SSSR count). The number of carbonyl (C=O) groups excluding carboxylic acids is 2. The first-order valence-corrected chi connectivity index (χ1v) is 26.4. The Morgan fingerprint density at radius 2 is 0.921 bits per heavy atom. The van der Waals surface area contributed by atoms with Crippen LogP contribution < -0.4 is 51.9 Å². The number of Topliss-reactive ketones (excluding diaryl/α,β-unsaturated/α-hetero) is 1. The van der Waals surface area contributed by atoms with E-state index in [0.717, 1.165) is 77.2 Å². The van der Waals surface area contributed by atoms with Gasteiger partial charge < -0.3 is 46.3 Å². The van der Waals surface area contributed by atoms with E-state index in [2.05, 4.69) is 71.4 Å². The van der Waals surface area contributed by atoms with Gasteiger partial charge >= 0.3 is 46.6 Å². The minimum Gasteiger partial charge on any atom is -1.00 e. The summed E-state index contributed by atoms with van der Waals surface area (Å²) >= 11 is 0. The van der Waals surface area contributed by atoms with Crippen LogP contribution in [0, 0.1) is 11.6 Å². The number of H-pyrrole nitrogens is 6. The summed E-state index contributed by atoms with van der Waals surface area (Å²) in [5, 5.41) is 3.36. The predicted molar refractivity (Wildman–Crippen MR) is 297 cm³/mol. The van der Waals surface area contributed by atoms with Crippen molar-refractivity contribution in [3.8, 4) is 0 Å². The molecule has 0 bridgehead atoms. The molecule has 8 aromatic rings. The Hall–Kier alpha value is -5.91. The topological polar surface area (TPSA) is 195 Å². The van der Waals surface area contributed by atoms with E-state index >= 15 is 0 Å². The number of nitrogens with zero attached hydrogens (tertiary/aromatic N) is 1. The normalized spacial score (nSPS) is 18.6. The third-order valence-corrected chi connectivity index (χ3v) is 15.4. The molecule has 0 spiro atoms. The zero-order chi connectivity index (χ0) is 52.0. The van der Waals surface area contributed by atoms with Crippen molar-refractivity contribution in [2.24, 2.45) is 0 Å². The van der Waals surface area contributed by atoms with Crippen molar-refractivity contribution in [1.82, 2.24) is 40.1 Å². The van der Waals surface area contributed by atoms with Crippen LogP contribution >= 0.6 is 0 Å². The molecule has 0 unspecified atom stereocenters. The molecule has 3 aromatic heterocycles. The van der Waals surface area contributed by atoms with Gasteiger partial charge in [-0.1, -0.05) is 42.5 Å². The van der Waals surface area contributed by atoms with Crippen LogP contribution in [0.2, 0.25) is 0 Å². The molecule has 3 heterocycles. The van der Waals surface area contributed by atoms with Crippen molar-refractivity contribution in [2.45, 2.75) is 133 Å². The van der Waals surface area contributed by atoms with E-state index in [1.165, 1.54) is 85.8 Å². The summed E-state index contributed by atoms with van der Waals surface area (Å²) in [7, 11) is 4.27. The maximum Gasteiger partial charge on any atom is 1.00 e. The first-order chi connectivity index (χ1) is 35.9. The molecule has 3 radical (unpaired) electrons. The summed E-state index contributed by atoms with van der Waals surface area (Å²) in [5.74, 6) is 1.64. The quantitative estimate of drug-likeness (QED) is 0.0487. The molecule has 0 atom stereocenters. The van der Waals surface area contributed by atoms with Gasteiger partial charge in [0.05, 0.1) is 33.1 Å². The van der Waals surface area contributed by atoms with Crippen molar-refractivity contribution in [3.05, 3.63) is 174 Å². The second-order valence-electron chi connectivity index (χ2n) is 20.4. The zero-order valence-electron chi connectivity index (χ0n) is 45.1. The van der Waals surface area contributed by atoms with Gasteiger partial charge in [0.2, 0.25) is 0 Å². The molecule has 3 aliphatic rings. The summed E-state index contributed by atoms with van der Waals surface area (Å²) in [5.41, 5.74) is 11.0. The maximum atomic E-state index is 13.0. The summed E-state index contributed by atoms with van der Waals surface area (Å²) < 4.78 is 25.3. The minimum absolute atomic E-state index is 0. The third kappa shape index (κ3) is 16.8. The van der Waals surface area contributed by atoms with Crippen LogP contribution in [-0.4, -0.2) is 88.0 Å². The van der Waals surface area contributed by atoms with Crippen molar-refractivity contribution in [3.63, 3.8) is 0 Å². The van der Waals surface area contributed by atoms with Crippen LogP contribution in [-0.2, 0) is 22.4 Å². The molecule has 395 valence electrons. The molecule has 0 saturated heterocycles. The van der Waals surface area contributed by atoms with E-state index in [9.17, 15) is 32.8 Å². The van der Waals surface area contributed by atoms with Gasteiger partial charge in [0.1, 0.15) is 23.7 Å². The number of rotatable bonds is 12. The molecular formula is C59H71BF2N8NaO5. The predicted octanol–water partition coefficient (Wildman–Crippen LogP) is 7.46. The Labute approximate surface area is 467 Å². The van der Waals surface area contributed by atoms with Crippen molar-refractivity contribution in [1.29, 1.82) is 0 Å². The van der Waals surface area contributed by atoms with Crippen molar-refractivity contribution in [2.75, 3.05) is 20.6 Å². The summed E-state index contributed by atoms with van der Waals surface area (Å²) in [6, 6.07) is 32.9. The average Bonchev–Trinajstić information content (AvgIpc) is 4.13. The molecule has 17 heteroatoms. The van der Waals surface area contributed by atoms with Crippen LogP contribution in [0.4, 0.5) is 8.78 Å². The van der Waals surface area contributed by atoms with Gasteiger partial charge in [-0.2, -0.15) is 0 Å². The average molecular weight is 1040 g/mol. The Bertz CT molecular complexity index is 3260. The number of aryl methyl sites for hydroxylation is 2. The second-order valence-corrected chi connectivity index (χ2v) is 20.4. The second kappa shape index (κ2) is 29.0. The fourth-order valence-electron chi connectivity index (χ4n) is 11.0. The van der Waals surface area contributed by atoms with E-state index in [0.29, 0.717) is 61.3 Å². The Morgan fingerprint density at radius 3 is 1.33 bits per heavy atom. The third-order valence-electron chi connectivity index (χ3n) is 15.4. The van der Waals surface area contributed by atoms with Crippen LogP contribution in [0.5, 0.6) is 0 Å². The van der Waals surface area contributed by atoms with E-state index < -0.39 is 0 Å². The molecule has 5 aromatic carbocycles. The largest absolute Gasteiger partial charge is 1.00 e. The van der Waals surface area contributed by atoms with Gasteiger partial charge in [-0.15, -0.1) is 0 Å². The smallest absolute Gasteiger partial charge is 1.00 e. The zero-order valence-corrected chi connectivity index (χ0v) is 46.1. The van der Waals surface area contributed by atoms with Gasteiger partial charge in [0.15, 0.2) is 0 Å². The minimum atomic E-state index is -0.236. The van der Waals surface area contributed by atoms with E-state index in [1.54, 1.807) is 24.3 Å². The van der Waals surface area contributed by atoms with Gasteiger partial charge in [-0.3, -0.25) is 4.79 Å². The fourth-order valence-corrected chi connectivity index (χ4v) is 11.0. The number of halogens is 2. The number of carbonyl (C=O) groups is 2. The number of hydrogen-bond donors (Lipinski definition) is 7. The van der Waals surface area contributed by atoms with E-state index in [4.69, 9.17) is 0 Å². The number of aromatic nitrogens is 6. The van der Waals surface area contributed by atoms with Crippen LogP contribution in [0.15, 0.2) is 118 Å². The number of fused-ring (bicyclic) bond motifs is 3. The Morgan fingerprint density at radius 1 is 0.539 bits per heavy atom. The van der Waals surface area contributed by atoms with Crippen molar-refractivity contribution >= 4 is 53.6 Å². The van der Waals surface area contributed by atoms with Crippen molar-refractivity contribution < 1.29 is 49.4 Å². The molecule has 0 amide bonds. The standard InChI is InChI=1S/C23H28FN3O.C14H19N3O.C13H14N2O2.C9H9FO.B.Na.H/c1-27(14-2-3-16-4-9-19(24)10-5-16)20-11-6-17(7-12-20)18-8-13-21-22(15-18)26-23(28)25-21;1-15-11-5-2-9(3-6-11)10-4-7-12-13(8-10)17-14(18)16-12;16-10-4-1-8(2-5-10)9-3-6-11-12(7-9)15-13(17)14-11;10-9-5-3-8(4-6-9)2-1-7-11;;;/h4-5,8-10,13,15,17,20H,2-3,6-7,11-12,14H2,1H3,(H2,25,26,28);4,7-9,11,15H,2-3,5-6H2,1H3,(H2,16,17,18);3,6-8H,1-2,4-5H2,(H2,14,15,17);3-7H,1-2H2;;;/q;;;;;+1;-1. The monoisotopic (exact) mass is 1040 g/mol. The van der Waals surface area contributed by atoms with E-state index in [-0.39, 0.29) is 68.1 Å². The van der Waals surface area contributed by atoms with Crippen LogP contribution in [0.1, 0.15) is 137 Å². The SMILES string of the molecule is CN(CCCc1ccc(F)cc1)C1CCC(c2ccc3[nH]c(=O)[nH]c3c2)CC1.CNC1CCC(c2ccc3[nH]c(=O)[nH]c3c2)CC1.O=C1CCC(c2ccc3[nH]c(=O)[nH]c3c2)CC1.O=CCCc1ccc(F)cc1.[B].[H-].[Na+]. The number of aromatic amines is 6. The first kappa shape index (κ1) is 59.3. The Balaban J connectivity index is 0.000000196. The number of imidazole rings is 3. The van der Waals surface area contributed by atoms with Gasteiger partial charge in [0, 0.05) is 39.8 Å². The maximum absolute atomic E-state index is 13.0. The summed E-state index contributed by atoms with van der Waals surface area (Å²) in [4.78, 5) is 74.3. The number of nitrogens with one attached hydrogen (secondary N) is 7. The number of benzene rings is 5. The molecule has 76 heavy (non-hydrogen) atoms. The molecule has 3 aliphatic carbocycles. The van der Waals surface area contributed by atoms with Crippen LogP contribution in [0.3, 0.4) is 0 Å². The molecule has 13 nitrogen and oxygen atoms in total. The van der Waals surface area contributed by atoms with Gasteiger partial charge in [-0.25, -0.2) is 23.2 Å². The first-order valence-electron chi connectivity index (χ1n) is 26.4. The summed E-state index contributed by atoms with van der Waals surface area (Å²) in [6.07, 6.45) is 17.1.